The van der Waals surface area contributed by atoms with Crippen LogP contribution in [0, 0.1) is 0 Å². The van der Waals surface area contributed by atoms with E-state index in [0.29, 0.717) is 0 Å². The predicted octanol–water partition coefficient (Wildman–Crippen LogP) is 7.06. The molecule has 0 bridgehead atoms. The molecule has 0 rings (SSSR count). The van der Waals surface area contributed by atoms with Crippen LogP contribution >= 0.6 is 0 Å². The standard InChI is InChI=1S/C25H57N3O3Si/c1-8-14-20-26(21-15-9-2)29-32(7,30-27(22-16-10-3)23-17-11-4)31-28(24-18-12-5)25-19-13-6/h8-25H2,1-7H3. The Morgan fingerprint density at radius 1 is 0.406 bits per heavy atom. The first-order valence-corrected chi connectivity index (χ1v) is 16.0. The molecule has 6 nitrogen and oxygen atoms in total. The highest BCUT2D eigenvalue weighted by atomic mass is 28.4. The Kier molecular flexibility index (Phi) is 21.5. The van der Waals surface area contributed by atoms with Gasteiger partial charge in [0.25, 0.3) is 0 Å². The lowest BCUT2D eigenvalue weighted by Crippen LogP contribution is -2.56. The first-order chi connectivity index (χ1) is 15.5. The van der Waals surface area contributed by atoms with Crippen LogP contribution in [0.25, 0.3) is 0 Å². The Hall–Kier alpha value is -0.0231. The molecule has 0 aromatic rings. The fourth-order valence-corrected chi connectivity index (χ4v) is 5.42. The molecule has 0 spiro atoms. The van der Waals surface area contributed by atoms with Gasteiger partial charge in [-0.3, -0.25) is 13.6 Å². The van der Waals surface area contributed by atoms with Gasteiger partial charge in [0, 0.05) is 45.8 Å². The van der Waals surface area contributed by atoms with Crippen LogP contribution in [-0.2, 0) is 13.6 Å². The monoisotopic (exact) mass is 475 g/mol. The van der Waals surface area contributed by atoms with E-state index in [1.54, 1.807) is 0 Å². The van der Waals surface area contributed by atoms with Gasteiger partial charge in [0.05, 0.1) is 0 Å². The summed E-state index contributed by atoms with van der Waals surface area (Å²) in [5.74, 6) is 0. The van der Waals surface area contributed by atoms with E-state index >= 15 is 0 Å². The Morgan fingerprint density at radius 2 is 0.594 bits per heavy atom. The number of hydroxylamine groups is 6. The summed E-state index contributed by atoms with van der Waals surface area (Å²) in [6.07, 6.45) is 13.7. The molecule has 7 heteroatoms. The topological polar surface area (TPSA) is 37.4 Å². The number of hydrogen-bond donors (Lipinski definition) is 0. The van der Waals surface area contributed by atoms with Gasteiger partial charge in [-0.1, -0.05) is 80.1 Å². The van der Waals surface area contributed by atoms with E-state index in [1.807, 2.05) is 0 Å². The summed E-state index contributed by atoms with van der Waals surface area (Å²) in [6, 6.07) is 0. The fourth-order valence-electron chi connectivity index (χ4n) is 3.37. The second-order valence-corrected chi connectivity index (χ2v) is 11.3. The van der Waals surface area contributed by atoms with E-state index in [4.69, 9.17) is 13.6 Å². The molecular weight excluding hydrogens is 418 g/mol. The molecule has 0 fully saturated rings. The Morgan fingerprint density at radius 3 is 0.750 bits per heavy atom. The first kappa shape index (κ1) is 32.0. The Bertz CT molecular complexity index is 326. The van der Waals surface area contributed by atoms with Crippen molar-refractivity contribution in [2.45, 2.75) is 125 Å². The van der Waals surface area contributed by atoms with Gasteiger partial charge in [0.1, 0.15) is 0 Å². The Labute approximate surface area is 202 Å². The molecule has 0 heterocycles. The van der Waals surface area contributed by atoms with Crippen molar-refractivity contribution in [1.29, 1.82) is 0 Å². The summed E-state index contributed by atoms with van der Waals surface area (Å²) < 4.78 is 20.0. The molecule has 32 heavy (non-hydrogen) atoms. The van der Waals surface area contributed by atoms with Crippen molar-refractivity contribution in [2.24, 2.45) is 0 Å². The van der Waals surface area contributed by atoms with Crippen molar-refractivity contribution >= 4 is 8.80 Å². The average molecular weight is 476 g/mol. The highest BCUT2D eigenvalue weighted by Gasteiger charge is 2.43. The zero-order valence-electron chi connectivity index (χ0n) is 22.8. The van der Waals surface area contributed by atoms with Crippen LogP contribution in [0.4, 0.5) is 0 Å². The smallest absolute Gasteiger partial charge is 0.284 e. The second kappa shape index (κ2) is 21.5. The second-order valence-electron chi connectivity index (χ2n) is 9.04. The van der Waals surface area contributed by atoms with Crippen LogP contribution in [0.5, 0.6) is 0 Å². The molecule has 0 aliphatic heterocycles. The summed E-state index contributed by atoms with van der Waals surface area (Å²) in [6.45, 7) is 21.1. The third-order valence-electron chi connectivity index (χ3n) is 5.45. The maximum Gasteiger partial charge on any atom is 0.549 e. The summed E-state index contributed by atoms with van der Waals surface area (Å²) in [4.78, 5) is 0. The van der Waals surface area contributed by atoms with Crippen molar-refractivity contribution < 1.29 is 13.6 Å². The maximum atomic E-state index is 6.67. The quantitative estimate of drug-likeness (QED) is 0.110. The van der Waals surface area contributed by atoms with E-state index in [9.17, 15) is 0 Å². The van der Waals surface area contributed by atoms with Crippen LogP contribution in [0.3, 0.4) is 0 Å². The molecule has 0 radical (unpaired) electrons. The molecule has 0 aliphatic carbocycles. The molecular formula is C25H57N3O3Si. The van der Waals surface area contributed by atoms with Crippen molar-refractivity contribution in [2.75, 3.05) is 39.3 Å². The van der Waals surface area contributed by atoms with Gasteiger partial charge >= 0.3 is 8.80 Å². The van der Waals surface area contributed by atoms with Gasteiger partial charge in [-0.15, -0.1) is 0 Å². The zero-order chi connectivity index (χ0) is 24.1. The third-order valence-corrected chi connectivity index (χ3v) is 7.22. The normalized spacial score (nSPS) is 12.6. The van der Waals surface area contributed by atoms with Crippen LogP contribution in [0.2, 0.25) is 6.55 Å². The van der Waals surface area contributed by atoms with Crippen LogP contribution < -0.4 is 0 Å². The Balaban J connectivity index is 5.57. The minimum atomic E-state index is -2.96. The van der Waals surface area contributed by atoms with Crippen LogP contribution in [0.1, 0.15) is 119 Å². The highest BCUT2D eigenvalue weighted by Crippen LogP contribution is 2.19. The molecule has 0 saturated heterocycles. The van der Waals surface area contributed by atoms with Crippen LogP contribution in [-0.4, -0.2) is 63.3 Å². The maximum absolute atomic E-state index is 6.67. The molecule has 0 atom stereocenters. The SMILES string of the molecule is CCCCN(CCCC)O[Si](C)(ON(CCCC)CCCC)ON(CCCC)CCCC. The molecule has 0 N–H and O–H groups in total. The summed E-state index contributed by atoms with van der Waals surface area (Å²) in [7, 11) is -2.96. The van der Waals surface area contributed by atoms with Gasteiger partial charge in [0.2, 0.25) is 0 Å². The van der Waals surface area contributed by atoms with E-state index in [1.165, 1.54) is 0 Å². The molecule has 0 aliphatic rings. The van der Waals surface area contributed by atoms with Gasteiger partial charge in [-0.05, 0) is 38.5 Å². The molecule has 194 valence electrons. The highest BCUT2D eigenvalue weighted by molar-refractivity contribution is 6.58. The average Bonchev–Trinajstić information content (AvgIpc) is 2.79. The summed E-state index contributed by atoms with van der Waals surface area (Å²) in [5, 5.41) is 6.40. The fraction of sp³-hybridized carbons (Fsp3) is 1.00. The lowest BCUT2D eigenvalue weighted by Gasteiger charge is -2.38. The van der Waals surface area contributed by atoms with Crippen molar-refractivity contribution in [3.8, 4) is 0 Å². The number of hydrogen-bond acceptors (Lipinski definition) is 6. The number of unbranched alkanes of at least 4 members (excludes halogenated alkanes) is 6. The summed E-state index contributed by atoms with van der Waals surface area (Å²) >= 11 is 0. The van der Waals surface area contributed by atoms with Gasteiger partial charge in [-0.2, -0.15) is 15.2 Å². The van der Waals surface area contributed by atoms with Gasteiger partial charge in [-0.25, -0.2) is 0 Å². The lowest BCUT2D eigenvalue weighted by atomic mass is 10.3. The van der Waals surface area contributed by atoms with E-state index in [0.717, 1.165) is 116 Å². The lowest BCUT2D eigenvalue weighted by molar-refractivity contribution is -0.226. The van der Waals surface area contributed by atoms with E-state index in [2.05, 4.69) is 63.3 Å². The molecule has 0 unspecified atom stereocenters. The first-order valence-electron chi connectivity index (χ1n) is 13.8. The van der Waals surface area contributed by atoms with Crippen LogP contribution in [0.15, 0.2) is 0 Å². The van der Waals surface area contributed by atoms with Crippen molar-refractivity contribution in [3.63, 3.8) is 0 Å². The zero-order valence-corrected chi connectivity index (χ0v) is 23.8. The predicted molar refractivity (Wildman–Crippen MR) is 139 cm³/mol. The largest absolute Gasteiger partial charge is 0.549 e. The number of rotatable bonds is 24. The van der Waals surface area contributed by atoms with Crippen molar-refractivity contribution in [3.05, 3.63) is 0 Å². The molecule has 0 saturated carbocycles. The van der Waals surface area contributed by atoms with Gasteiger partial charge < -0.3 is 0 Å². The van der Waals surface area contributed by atoms with E-state index < -0.39 is 8.80 Å². The molecule has 0 amide bonds. The minimum Gasteiger partial charge on any atom is -0.284 e. The third kappa shape index (κ3) is 16.6. The molecule has 0 aromatic heterocycles. The number of nitrogens with zero attached hydrogens (tertiary/aromatic N) is 3. The van der Waals surface area contributed by atoms with Gasteiger partial charge in [0.15, 0.2) is 0 Å². The minimum absolute atomic E-state index is 0.930. The van der Waals surface area contributed by atoms with Crippen molar-refractivity contribution in [1.82, 2.24) is 15.2 Å². The van der Waals surface area contributed by atoms with E-state index in [-0.39, 0.29) is 0 Å². The molecule has 0 aromatic carbocycles. The summed E-state index contributed by atoms with van der Waals surface area (Å²) in [5.41, 5.74) is 0.